The molecule has 4 aromatic rings. The van der Waals surface area contributed by atoms with Crippen molar-refractivity contribution in [3.63, 3.8) is 0 Å². The van der Waals surface area contributed by atoms with Crippen molar-refractivity contribution >= 4 is 11.8 Å². The van der Waals surface area contributed by atoms with Gasteiger partial charge in [-0.1, -0.05) is 6.07 Å². The lowest BCUT2D eigenvalue weighted by Crippen LogP contribution is -3.00. The second-order valence-corrected chi connectivity index (χ2v) is 17.9. The molecule has 0 saturated heterocycles. The Hall–Kier alpha value is -5.92. The highest BCUT2D eigenvalue weighted by Crippen LogP contribution is 2.51. The SMILES string of the molecule is COc1ccc(CC2c3cc(OC)c(OC)cc3CC[N+]2(C)CCCC(=O)C#CC(=O)OCCC[N+]2(C)CCc3cc(OC)c(OC)c(OC)c3C2Cc2cc(OC)c(OC)c(OC)c2)cc1OC.[Cl-].[Cl-]. The van der Waals surface area contributed by atoms with Gasteiger partial charge in [0.2, 0.25) is 17.3 Å². The molecule has 2 aliphatic rings. The number of carbonyl (C=O) groups is 2. The normalized spacial score (nSPS) is 18.5. The molecule has 0 spiro atoms. The lowest BCUT2D eigenvalue weighted by Gasteiger charge is -2.46. The molecule has 0 saturated carbocycles. The van der Waals surface area contributed by atoms with E-state index in [-0.39, 0.29) is 55.7 Å². The number of hydrogen-bond donors (Lipinski definition) is 0. The van der Waals surface area contributed by atoms with Gasteiger partial charge in [-0.15, -0.1) is 0 Å². The van der Waals surface area contributed by atoms with E-state index in [1.807, 2.05) is 30.3 Å². The fourth-order valence-electron chi connectivity index (χ4n) is 10.3. The summed E-state index contributed by atoms with van der Waals surface area (Å²) in [4.78, 5) is 26.1. The highest BCUT2D eigenvalue weighted by molar-refractivity contribution is 6.01. The van der Waals surface area contributed by atoms with Crippen molar-refractivity contribution < 1.29 is 95.5 Å². The summed E-state index contributed by atoms with van der Waals surface area (Å²) in [6.07, 6.45) is 4.26. The summed E-state index contributed by atoms with van der Waals surface area (Å²) < 4.78 is 64.2. The molecule has 2 heterocycles. The zero-order chi connectivity index (χ0) is 49.9. The number of hydrogen-bond acceptors (Lipinski definition) is 13. The highest BCUT2D eigenvalue weighted by atomic mass is 35.5. The second-order valence-electron chi connectivity index (χ2n) is 17.9. The van der Waals surface area contributed by atoms with Crippen LogP contribution in [0.4, 0.5) is 0 Å². The van der Waals surface area contributed by atoms with Gasteiger partial charge in [-0.2, -0.15) is 0 Å². The molecule has 0 N–H and O–H groups in total. The molecule has 6 rings (SSSR count). The first-order valence-electron chi connectivity index (χ1n) is 23.2. The molecule has 4 aromatic carbocycles. The summed E-state index contributed by atoms with van der Waals surface area (Å²) in [6, 6.07) is 16.1. The minimum atomic E-state index is -0.728. The number of rotatable bonds is 22. The minimum absolute atomic E-state index is 0. The van der Waals surface area contributed by atoms with Crippen molar-refractivity contribution in [3.05, 3.63) is 81.9 Å². The smallest absolute Gasteiger partial charge is 0.384 e. The van der Waals surface area contributed by atoms with Gasteiger partial charge in [-0.3, -0.25) is 4.79 Å². The van der Waals surface area contributed by atoms with Crippen LogP contribution in [0.1, 0.15) is 64.7 Å². The number of nitrogens with zero attached hydrogens (tertiary/aromatic N) is 2. The first-order chi connectivity index (χ1) is 33.3. The highest BCUT2D eigenvalue weighted by Gasteiger charge is 2.43. The maximum Gasteiger partial charge on any atom is 0.384 e. The Bertz CT molecular complexity index is 2520. The van der Waals surface area contributed by atoms with Crippen molar-refractivity contribution in [2.24, 2.45) is 0 Å². The number of esters is 1. The quantitative estimate of drug-likeness (QED) is 0.0280. The summed E-state index contributed by atoms with van der Waals surface area (Å²) in [6.45, 7) is 3.18. The van der Waals surface area contributed by atoms with Crippen LogP contribution in [-0.2, 0) is 40.0 Å². The van der Waals surface area contributed by atoms with E-state index in [1.165, 1.54) is 11.1 Å². The molecule has 4 unspecified atom stereocenters. The van der Waals surface area contributed by atoms with Crippen LogP contribution in [-0.4, -0.2) is 139 Å². The van der Waals surface area contributed by atoms with E-state index in [0.29, 0.717) is 92.3 Å². The number of ketones is 1. The standard InChI is InChI=1S/C54H70N2O13.2ClH/c1-55(24-20-37-32-45(61-5)46(62-6)34-40(37)41(55)27-35-16-18-43(59-3)44(29-35)60-4)22-13-15-39(57)17-19-50(58)69-26-14-23-56(2)25-21-38-33-49(65-9)53(67-11)54(68-12)51(38)42(56)28-36-30-47(63-7)52(66-10)48(31-36)64-8;;/h16,18,29-34,41-42H,13-15,20-28H2,1-12H3;2*1H/q+2;;/p-2. The van der Waals surface area contributed by atoms with E-state index in [0.717, 1.165) is 61.2 Å². The van der Waals surface area contributed by atoms with Crippen LogP contribution in [0.25, 0.3) is 0 Å². The van der Waals surface area contributed by atoms with E-state index >= 15 is 0 Å². The Kier molecular flexibility index (Phi) is 21.1. The molecule has 2 aliphatic heterocycles. The molecule has 0 amide bonds. The van der Waals surface area contributed by atoms with Gasteiger partial charge in [0.05, 0.1) is 124 Å². The third kappa shape index (κ3) is 12.8. The van der Waals surface area contributed by atoms with E-state index in [9.17, 15) is 9.59 Å². The van der Waals surface area contributed by atoms with Crippen molar-refractivity contribution in [1.29, 1.82) is 0 Å². The van der Waals surface area contributed by atoms with Crippen LogP contribution in [0, 0.1) is 11.8 Å². The summed E-state index contributed by atoms with van der Waals surface area (Å²) in [5.41, 5.74) is 6.60. The molecular weight excluding hydrogens is 956 g/mol. The maximum absolute atomic E-state index is 13.2. The van der Waals surface area contributed by atoms with Crippen molar-refractivity contribution in [3.8, 4) is 69.3 Å². The minimum Gasteiger partial charge on any atom is -1.00 e. The summed E-state index contributed by atoms with van der Waals surface area (Å²) in [7, 11) is 20.7. The van der Waals surface area contributed by atoms with E-state index in [4.69, 9.17) is 52.1 Å². The summed E-state index contributed by atoms with van der Waals surface area (Å²) in [5, 5.41) is 0. The molecule has 0 bridgehead atoms. The monoisotopic (exact) mass is 1020 g/mol. The van der Waals surface area contributed by atoms with E-state index in [2.05, 4.69) is 44.1 Å². The lowest BCUT2D eigenvalue weighted by atomic mass is 9.85. The van der Waals surface area contributed by atoms with Gasteiger partial charge in [-0.05, 0) is 70.6 Å². The third-order valence-corrected chi connectivity index (χ3v) is 14.0. The largest absolute Gasteiger partial charge is 1.00 e. The van der Waals surface area contributed by atoms with Gasteiger partial charge in [0, 0.05) is 56.4 Å². The number of Topliss-reactive ketones (excluding diaryl/α,β-unsaturated/α-hetero) is 1. The molecule has 71 heavy (non-hydrogen) atoms. The molecule has 17 heteroatoms. The number of likely N-dealkylation sites (N-methyl/N-ethyl adjacent to an activating group) is 2. The van der Waals surface area contributed by atoms with Crippen LogP contribution in [0.2, 0.25) is 0 Å². The Morgan fingerprint density at radius 3 is 1.61 bits per heavy atom. The number of benzene rings is 4. The Morgan fingerprint density at radius 2 is 1.01 bits per heavy atom. The molecule has 0 radical (unpaired) electrons. The number of ether oxygens (including phenoxy) is 11. The fourth-order valence-corrected chi connectivity index (χ4v) is 10.3. The van der Waals surface area contributed by atoms with Crippen LogP contribution in [0.3, 0.4) is 0 Å². The third-order valence-electron chi connectivity index (χ3n) is 14.0. The van der Waals surface area contributed by atoms with Crippen molar-refractivity contribution in [1.82, 2.24) is 0 Å². The number of methoxy groups -OCH3 is 10. The average molecular weight is 1030 g/mol. The topological polar surface area (TPSA) is 136 Å². The fraction of sp³-hybridized carbons (Fsp3) is 0.481. The number of carbonyl (C=O) groups excluding carboxylic acids is 2. The van der Waals surface area contributed by atoms with Gasteiger partial charge in [0.15, 0.2) is 46.0 Å². The predicted molar refractivity (Wildman–Crippen MR) is 261 cm³/mol. The van der Waals surface area contributed by atoms with Gasteiger partial charge in [0.25, 0.3) is 0 Å². The molecule has 0 aliphatic carbocycles. The van der Waals surface area contributed by atoms with Crippen LogP contribution >= 0.6 is 0 Å². The first kappa shape index (κ1) is 57.7. The average Bonchev–Trinajstić information content (AvgIpc) is 3.37. The van der Waals surface area contributed by atoms with Crippen molar-refractivity contribution in [2.75, 3.05) is 118 Å². The Labute approximate surface area is 431 Å². The van der Waals surface area contributed by atoms with Gasteiger partial charge < -0.3 is 85.9 Å². The molecule has 15 nitrogen and oxygen atoms in total. The zero-order valence-corrected chi connectivity index (χ0v) is 44.7. The molecule has 0 aromatic heterocycles. The molecule has 4 atom stereocenters. The number of fused-ring (bicyclic) bond motifs is 2. The first-order valence-corrected chi connectivity index (χ1v) is 23.2. The Morgan fingerprint density at radius 1 is 0.521 bits per heavy atom. The second kappa shape index (κ2) is 26.0. The predicted octanol–water partition coefficient (Wildman–Crippen LogP) is 1.34. The Balaban J connectivity index is 0.00000548. The van der Waals surface area contributed by atoms with Gasteiger partial charge in [-0.25, -0.2) is 4.79 Å². The van der Waals surface area contributed by atoms with Crippen molar-refractivity contribution in [2.45, 2.75) is 57.0 Å². The van der Waals surface area contributed by atoms with Gasteiger partial charge in [0.1, 0.15) is 12.1 Å². The molecular formula is C54H70Cl2N2O13. The lowest BCUT2D eigenvalue weighted by molar-refractivity contribution is -0.941. The van der Waals surface area contributed by atoms with E-state index < -0.39 is 5.97 Å². The van der Waals surface area contributed by atoms with Crippen LogP contribution in [0.5, 0.6) is 57.5 Å². The van der Waals surface area contributed by atoms with Gasteiger partial charge >= 0.3 is 5.97 Å². The number of quaternary nitrogens is 2. The summed E-state index contributed by atoms with van der Waals surface area (Å²) >= 11 is 0. The molecule has 0 fully saturated rings. The number of halogens is 2. The maximum atomic E-state index is 13.2. The van der Waals surface area contributed by atoms with E-state index in [1.54, 1.807) is 71.1 Å². The summed E-state index contributed by atoms with van der Waals surface area (Å²) in [5.74, 6) is 10.1. The van der Waals surface area contributed by atoms with Crippen LogP contribution in [0.15, 0.2) is 48.5 Å². The zero-order valence-electron chi connectivity index (χ0n) is 43.2. The molecule has 388 valence electrons. The van der Waals surface area contributed by atoms with Crippen LogP contribution < -0.4 is 72.2 Å².